The summed E-state index contributed by atoms with van der Waals surface area (Å²) in [5.41, 5.74) is 0.747. The summed E-state index contributed by atoms with van der Waals surface area (Å²) in [5.74, 6) is 0.226. The third-order valence-electron chi connectivity index (χ3n) is 4.09. The monoisotopic (exact) mass is 368 g/mol. The van der Waals surface area contributed by atoms with Crippen molar-refractivity contribution in [1.29, 1.82) is 5.26 Å². The quantitative estimate of drug-likeness (QED) is 0.592. The second-order valence-corrected chi connectivity index (χ2v) is 6.50. The number of halogens is 3. The summed E-state index contributed by atoms with van der Waals surface area (Å²) in [4.78, 5) is 13.8. The van der Waals surface area contributed by atoms with Crippen LogP contribution in [0.5, 0.6) is 0 Å². The summed E-state index contributed by atoms with van der Waals surface area (Å²) in [6.07, 6.45) is 1.40. The van der Waals surface area contributed by atoms with Gasteiger partial charge in [0.05, 0.1) is 32.9 Å². The molecule has 118 valence electrons. The van der Waals surface area contributed by atoms with Crippen molar-refractivity contribution < 1.29 is 4.79 Å². The molecule has 0 radical (unpaired) electrons. The summed E-state index contributed by atoms with van der Waals surface area (Å²) in [5, 5.41) is 14.3. The Balaban J connectivity index is 2.20. The molecule has 1 aliphatic rings. The van der Waals surface area contributed by atoms with E-state index in [1.165, 1.54) is 10.9 Å². The van der Waals surface area contributed by atoms with Crippen LogP contribution >= 0.6 is 34.8 Å². The molecule has 0 aliphatic carbocycles. The third kappa shape index (κ3) is 2.29. The van der Waals surface area contributed by atoms with Crippen LogP contribution in [-0.2, 0) is 4.79 Å². The lowest BCUT2D eigenvalue weighted by molar-refractivity contribution is -0.129. The highest BCUT2D eigenvalue weighted by molar-refractivity contribution is 6.48. The first-order valence-corrected chi connectivity index (χ1v) is 7.97. The van der Waals surface area contributed by atoms with Gasteiger partial charge in [-0.05, 0) is 19.1 Å². The van der Waals surface area contributed by atoms with Crippen LogP contribution < -0.4 is 4.90 Å². The molecule has 2 atom stereocenters. The van der Waals surface area contributed by atoms with Gasteiger partial charge in [0.1, 0.15) is 11.6 Å². The first-order chi connectivity index (χ1) is 10.9. The van der Waals surface area contributed by atoms with Crippen molar-refractivity contribution in [3.8, 4) is 11.8 Å². The molecule has 5 nitrogen and oxygen atoms in total. The molecule has 1 aromatic carbocycles. The minimum Gasteiger partial charge on any atom is -0.292 e. The SMILES string of the molecule is C[C@@H]1C(=O)N(c2c(C#N)cnn2-c2ccc(Cl)c(Cl)c2Cl)[C@H]1C. The average molecular weight is 370 g/mol. The topological polar surface area (TPSA) is 61.9 Å². The highest BCUT2D eigenvalue weighted by Crippen LogP contribution is 2.39. The van der Waals surface area contributed by atoms with E-state index >= 15 is 0 Å². The lowest BCUT2D eigenvalue weighted by atomic mass is 9.90. The third-order valence-corrected chi connectivity index (χ3v) is 5.38. The molecule has 1 aliphatic heterocycles. The van der Waals surface area contributed by atoms with E-state index in [4.69, 9.17) is 34.8 Å². The van der Waals surface area contributed by atoms with E-state index in [-0.39, 0.29) is 27.9 Å². The Bertz CT molecular complexity index is 855. The van der Waals surface area contributed by atoms with Crippen LogP contribution in [0.2, 0.25) is 15.1 Å². The first kappa shape index (κ1) is 16.1. The Kier molecular flexibility index (Phi) is 4.01. The van der Waals surface area contributed by atoms with Crippen molar-refractivity contribution >= 4 is 46.5 Å². The predicted molar refractivity (Wildman–Crippen MR) is 89.4 cm³/mol. The van der Waals surface area contributed by atoms with Crippen LogP contribution in [0.4, 0.5) is 5.82 Å². The number of hydrogen-bond donors (Lipinski definition) is 0. The van der Waals surface area contributed by atoms with Crippen molar-refractivity contribution in [1.82, 2.24) is 9.78 Å². The van der Waals surface area contributed by atoms with E-state index < -0.39 is 0 Å². The van der Waals surface area contributed by atoms with Crippen molar-refractivity contribution in [2.75, 3.05) is 4.90 Å². The summed E-state index contributed by atoms with van der Waals surface area (Å²) >= 11 is 18.3. The molecule has 0 bridgehead atoms. The number of benzene rings is 1. The van der Waals surface area contributed by atoms with E-state index in [1.807, 2.05) is 13.8 Å². The maximum atomic E-state index is 12.2. The Hall–Kier alpha value is -1.74. The molecule has 23 heavy (non-hydrogen) atoms. The minimum atomic E-state index is -0.103. The van der Waals surface area contributed by atoms with Crippen molar-refractivity contribution in [3.05, 3.63) is 39.0 Å². The molecular weight excluding hydrogens is 359 g/mol. The fourth-order valence-electron chi connectivity index (χ4n) is 2.57. The highest BCUT2D eigenvalue weighted by Gasteiger charge is 2.44. The average Bonchev–Trinajstić information content (AvgIpc) is 2.95. The van der Waals surface area contributed by atoms with Gasteiger partial charge in [-0.2, -0.15) is 10.4 Å². The second kappa shape index (κ2) is 5.72. The number of carbonyl (C=O) groups excluding carboxylic acids is 1. The van der Waals surface area contributed by atoms with Crippen LogP contribution in [0.3, 0.4) is 0 Å². The van der Waals surface area contributed by atoms with Gasteiger partial charge in [-0.15, -0.1) is 0 Å². The summed E-state index contributed by atoms with van der Waals surface area (Å²) in [7, 11) is 0. The van der Waals surface area contributed by atoms with Gasteiger partial charge in [0.25, 0.3) is 0 Å². The molecule has 0 N–H and O–H groups in total. The highest BCUT2D eigenvalue weighted by atomic mass is 35.5. The first-order valence-electron chi connectivity index (χ1n) is 6.83. The zero-order valence-corrected chi connectivity index (χ0v) is 14.5. The zero-order valence-electron chi connectivity index (χ0n) is 12.2. The Morgan fingerprint density at radius 2 is 1.91 bits per heavy atom. The minimum absolute atomic E-state index is 0.0356. The molecule has 0 unspecified atom stereocenters. The molecule has 2 aromatic rings. The molecule has 1 amide bonds. The van der Waals surface area contributed by atoms with E-state index in [0.717, 1.165) is 0 Å². The van der Waals surface area contributed by atoms with E-state index in [2.05, 4.69) is 11.2 Å². The van der Waals surface area contributed by atoms with Gasteiger partial charge >= 0.3 is 0 Å². The molecule has 3 rings (SSSR count). The van der Waals surface area contributed by atoms with Crippen LogP contribution in [0, 0.1) is 17.2 Å². The number of nitrogens with zero attached hydrogens (tertiary/aromatic N) is 4. The molecule has 2 heterocycles. The second-order valence-electron chi connectivity index (χ2n) is 5.34. The standard InChI is InChI=1S/C15H11Cl3N4O/c1-7-8(2)21(15(7)23)14-9(5-19)6-20-22(14)11-4-3-10(16)12(17)13(11)18/h3-4,6-8H,1-2H3/t7-,8-/m0/s1. The van der Waals surface area contributed by atoms with Gasteiger partial charge in [-0.25, -0.2) is 4.68 Å². The van der Waals surface area contributed by atoms with Crippen molar-refractivity contribution in [2.24, 2.45) is 5.92 Å². The summed E-state index contributed by atoms with van der Waals surface area (Å²) < 4.78 is 1.45. The van der Waals surface area contributed by atoms with Crippen LogP contribution in [0.1, 0.15) is 19.4 Å². The number of nitriles is 1. The Morgan fingerprint density at radius 3 is 2.52 bits per heavy atom. The van der Waals surface area contributed by atoms with Crippen molar-refractivity contribution in [3.63, 3.8) is 0 Å². The van der Waals surface area contributed by atoms with Gasteiger partial charge in [0.2, 0.25) is 5.91 Å². The number of rotatable bonds is 2. The van der Waals surface area contributed by atoms with Gasteiger partial charge < -0.3 is 0 Å². The van der Waals surface area contributed by atoms with Gasteiger partial charge in [0, 0.05) is 6.04 Å². The Morgan fingerprint density at radius 1 is 1.22 bits per heavy atom. The van der Waals surface area contributed by atoms with E-state index in [0.29, 0.717) is 22.1 Å². The van der Waals surface area contributed by atoms with E-state index in [1.54, 1.807) is 17.0 Å². The van der Waals surface area contributed by atoms with Crippen LogP contribution in [0.15, 0.2) is 18.3 Å². The number of anilines is 1. The number of amides is 1. The van der Waals surface area contributed by atoms with Crippen LogP contribution in [0.25, 0.3) is 5.69 Å². The number of aromatic nitrogens is 2. The fraction of sp³-hybridized carbons (Fsp3) is 0.267. The summed E-state index contributed by atoms with van der Waals surface area (Å²) in [6, 6.07) is 5.26. The molecule has 0 spiro atoms. The number of hydrogen-bond acceptors (Lipinski definition) is 3. The predicted octanol–water partition coefficient (Wildman–Crippen LogP) is 4.08. The molecule has 1 aromatic heterocycles. The van der Waals surface area contributed by atoms with Crippen molar-refractivity contribution in [2.45, 2.75) is 19.9 Å². The van der Waals surface area contributed by atoms with Gasteiger partial charge in [-0.3, -0.25) is 9.69 Å². The normalized spacial score (nSPS) is 20.3. The lowest BCUT2D eigenvalue weighted by Gasteiger charge is -2.43. The molecule has 8 heteroatoms. The maximum absolute atomic E-state index is 12.2. The smallest absolute Gasteiger partial charge is 0.233 e. The molecule has 1 saturated heterocycles. The maximum Gasteiger partial charge on any atom is 0.233 e. The van der Waals surface area contributed by atoms with Gasteiger partial charge in [-0.1, -0.05) is 41.7 Å². The van der Waals surface area contributed by atoms with E-state index in [9.17, 15) is 10.1 Å². The Labute approximate surface area is 148 Å². The van der Waals surface area contributed by atoms with Crippen LogP contribution in [-0.4, -0.2) is 21.7 Å². The zero-order chi connectivity index (χ0) is 16.9. The summed E-state index contributed by atoms with van der Waals surface area (Å²) in [6.45, 7) is 3.77. The molecule has 1 fully saturated rings. The molecule has 0 saturated carbocycles. The van der Waals surface area contributed by atoms with Gasteiger partial charge in [0.15, 0.2) is 5.82 Å². The number of carbonyl (C=O) groups is 1. The lowest BCUT2D eigenvalue weighted by Crippen LogP contribution is -2.59. The molecular formula is C15H11Cl3N4O. The number of β-lactam (4-membered cyclic amide) rings is 1. The fourth-order valence-corrected chi connectivity index (χ4v) is 3.18. The largest absolute Gasteiger partial charge is 0.292 e.